The molecule has 8 heteroatoms. The van der Waals surface area contributed by atoms with Crippen molar-refractivity contribution in [2.45, 2.75) is 45.8 Å². The highest BCUT2D eigenvalue weighted by molar-refractivity contribution is 6.30. The fourth-order valence-electron chi connectivity index (χ4n) is 2.97. The Morgan fingerprint density at radius 3 is 2.22 bits per heavy atom. The number of hydrogen-bond donors (Lipinski definition) is 1. The first-order valence-corrected chi connectivity index (χ1v) is 10.8. The summed E-state index contributed by atoms with van der Waals surface area (Å²) in [5, 5.41) is 3.49. The molecule has 2 rings (SSSR count). The van der Waals surface area contributed by atoms with Gasteiger partial charge >= 0.3 is 0 Å². The number of hydrogen-bond acceptors (Lipinski definition) is 5. The van der Waals surface area contributed by atoms with E-state index in [9.17, 15) is 9.59 Å². The van der Waals surface area contributed by atoms with Gasteiger partial charge in [0, 0.05) is 35.8 Å². The minimum absolute atomic E-state index is 0.00794. The fraction of sp³-hybridized carbons (Fsp3) is 0.417. The van der Waals surface area contributed by atoms with Gasteiger partial charge in [-0.05, 0) is 38.0 Å². The molecule has 0 aliphatic heterocycles. The van der Waals surface area contributed by atoms with Crippen LogP contribution in [0.2, 0.25) is 5.02 Å². The van der Waals surface area contributed by atoms with Crippen molar-refractivity contribution in [2.75, 3.05) is 20.8 Å². The molecule has 2 aromatic rings. The van der Waals surface area contributed by atoms with Crippen LogP contribution in [0.1, 0.15) is 32.8 Å². The Bertz CT molecular complexity index is 899. The highest BCUT2D eigenvalue weighted by Crippen LogP contribution is 2.27. The quantitative estimate of drug-likeness (QED) is 0.544. The number of benzene rings is 2. The minimum Gasteiger partial charge on any atom is -0.496 e. The normalized spacial score (nSPS) is 12.4. The number of amides is 2. The third-order valence-corrected chi connectivity index (χ3v) is 5.33. The number of carbonyl (C=O) groups is 2. The zero-order chi connectivity index (χ0) is 23.7. The van der Waals surface area contributed by atoms with E-state index in [1.165, 1.54) is 19.1 Å². The fourth-order valence-corrected chi connectivity index (χ4v) is 3.19. The molecule has 0 aromatic heterocycles. The summed E-state index contributed by atoms with van der Waals surface area (Å²) >= 11 is 6.10. The number of ether oxygens (including phenoxy) is 3. The third-order valence-electron chi connectivity index (χ3n) is 5.10. The predicted octanol–water partition coefficient (Wildman–Crippen LogP) is 4.07. The molecule has 32 heavy (non-hydrogen) atoms. The van der Waals surface area contributed by atoms with Crippen LogP contribution in [0, 0.1) is 0 Å². The van der Waals surface area contributed by atoms with Gasteiger partial charge in [-0.2, -0.15) is 0 Å². The minimum atomic E-state index is -0.695. The average Bonchev–Trinajstić information content (AvgIpc) is 2.80. The summed E-state index contributed by atoms with van der Waals surface area (Å²) in [7, 11) is 3.07. The van der Waals surface area contributed by atoms with Gasteiger partial charge in [-0.15, -0.1) is 0 Å². The molecule has 2 atom stereocenters. The second kappa shape index (κ2) is 12.2. The van der Waals surface area contributed by atoms with E-state index >= 15 is 0 Å². The first kappa shape index (κ1) is 25.3. The van der Waals surface area contributed by atoms with Gasteiger partial charge in [-0.25, -0.2) is 0 Å². The lowest BCUT2D eigenvalue weighted by Crippen LogP contribution is -2.50. The van der Waals surface area contributed by atoms with Crippen molar-refractivity contribution in [3.05, 3.63) is 53.1 Å². The molecule has 174 valence electrons. The largest absolute Gasteiger partial charge is 0.496 e. The molecular formula is C24H31ClN2O5. The standard InChI is InChI=1S/C24H31ClN2O5/c1-6-16(2)26-24(29)17(3)27(14-18-8-7-9-19(25)10-18)23(28)15-32-22-12-20(30-4)11-21(13-22)31-5/h7-13,16-17H,6,14-15H2,1-5H3,(H,26,29)/t16-,17-/m1/s1. The highest BCUT2D eigenvalue weighted by atomic mass is 35.5. The molecule has 2 amide bonds. The molecule has 0 spiro atoms. The van der Waals surface area contributed by atoms with Crippen molar-refractivity contribution in [1.29, 1.82) is 0 Å². The van der Waals surface area contributed by atoms with Gasteiger partial charge in [-0.1, -0.05) is 30.7 Å². The van der Waals surface area contributed by atoms with Gasteiger partial charge in [0.15, 0.2) is 6.61 Å². The van der Waals surface area contributed by atoms with E-state index in [-0.39, 0.29) is 31.0 Å². The SMILES string of the molecule is CC[C@@H](C)NC(=O)[C@@H](C)N(Cc1cccc(Cl)c1)C(=O)COc1cc(OC)cc(OC)c1. The maximum atomic E-state index is 13.1. The molecule has 0 aliphatic rings. The monoisotopic (exact) mass is 462 g/mol. The Kier molecular flexibility index (Phi) is 9.65. The summed E-state index contributed by atoms with van der Waals surface area (Å²) in [4.78, 5) is 27.4. The second-order valence-corrected chi connectivity index (χ2v) is 7.92. The number of nitrogens with one attached hydrogen (secondary N) is 1. The van der Waals surface area contributed by atoms with Crippen LogP contribution in [0.15, 0.2) is 42.5 Å². The van der Waals surface area contributed by atoms with Crippen LogP contribution in [-0.2, 0) is 16.1 Å². The lowest BCUT2D eigenvalue weighted by atomic mass is 10.1. The second-order valence-electron chi connectivity index (χ2n) is 7.48. The average molecular weight is 463 g/mol. The number of rotatable bonds is 11. The molecule has 2 aromatic carbocycles. The van der Waals surface area contributed by atoms with Crippen molar-refractivity contribution in [1.82, 2.24) is 10.2 Å². The maximum absolute atomic E-state index is 13.1. The lowest BCUT2D eigenvalue weighted by molar-refractivity contribution is -0.142. The van der Waals surface area contributed by atoms with Crippen molar-refractivity contribution >= 4 is 23.4 Å². The van der Waals surface area contributed by atoms with E-state index in [2.05, 4.69) is 5.32 Å². The number of halogens is 1. The van der Waals surface area contributed by atoms with Gasteiger partial charge in [0.1, 0.15) is 23.3 Å². The van der Waals surface area contributed by atoms with Crippen LogP contribution in [0.4, 0.5) is 0 Å². The van der Waals surface area contributed by atoms with E-state index < -0.39 is 6.04 Å². The van der Waals surface area contributed by atoms with Gasteiger partial charge in [-0.3, -0.25) is 9.59 Å². The Balaban J connectivity index is 2.20. The van der Waals surface area contributed by atoms with E-state index in [4.69, 9.17) is 25.8 Å². The van der Waals surface area contributed by atoms with Crippen molar-refractivity contribution < 1.29 is 23.8 Å². The summed E-state index contributed by atoms with van der Waals surface area (Å²) < 4.78 is 16.2. The summed E-state index contributed by atoms with van der Waals surface area (Å²) in [5.41, 5.74) is 0.817. The molecular weight excluding hydrogens is 432 g/mol. The summed E-state index contributed by atoms with van der Waals surface area (Å²) in [5.74, 6) is 0.957. The molecule has 0 heterocycles. The van der Waals surface area contributed by atoms with Crippen molar-refractivity contribution in [2.24, 2.45) is 0 Å². The predicted molar refractivity (Wildman–Crippen MR) is 124 cm³/mol. The number of carbonyl (C=O) groups excluding carboxylic acids is 2. The Morgan fingerprint density at radius 1 is 1.03 bits per heavy atom. The van der Waals surface area contributed by atoms with Gasteiger partial charge < -0.3 is 24.4 Å². The smallest absolute Gasteiger partial charge is 0.261 e. The summed E-state index contributed by atoms with van der Waals surface area (Å²) in [6, 6.07) is 11.5. The van der Waals surface area contributed by atoms with Crippen LogP contribution in [-0.4, -0.2) is 49.6 Å². The van der Waals surface area contributed by atoms with Crippen LogP contribution in [0.3, 0.4) is 0 Å². The third kappa shape index (κ3) is 7.34. The number of nitrogens with zero attached hydrogens (tertiary/aromatic N) is 1. The maximum Gasteiger partial charge on any atom is 0.261 e. The zero-order valence-electron chi connectivity index (χ0n) is 19.2. The van der Waals surface area contributed by atoms with Crippen molar-refractivity contribution in [3.8, 4) is 17.2 Å². The summed E-state index contributed by atoms with van der Waals surface area (Å²) in [6.07, 6.45) is 0.793. The molecule has 0 saturated heterocycles. The molecule has 7 nitrogen and oxygen atoms in total. The van der Waals surface area contributed by atoms with E-state index in [1.807, 2.05) is 26.0 Å². The van der Waals surface area contributed by atoms with Crippen LogP contribution >= 0.6 is 11.6 Å². The molecule has 0 aliphatic carbocycles. The van der Waals surface area contributed by atoms with Crippen LogP contribution in [0.5, 0.6) is 17.2 Å². The first-order chi connectivity index (χ1) is 15.3. The van der Waals surface area contributed by atoms with Gasteiger partial charge in [0.25, 0.3) is 5.91 Å². The van der Waals surface area contributed by atoms with Crippen molar-refractivity contribution in [3.63, 3.8) is 0 Å². The molecule has 0 bridgehead atoms. The molecule has 0 saturated carbocycles. The first-order valence-electron chi connectivity index (χ1n) is 10.5. The van der Waals surface area contributed by atoms with Gasteiger partial charge in [0.2, 0.25) is 5.91 Å². The van der Waals surface area contributed by atoms with Gasteiger partial charge in [0.05, 0.1) is 14.2 Å². The highest BCUT2D eigenvalue weighted by Gasteiger charge is 2.27. The molecule has 1 N–H and O–H groups in total. The van der Waals surface area contributed by atoms with E-state index in [0.29, 0.717) is 22.3 Å². The Labute approximate surface area is 194 Å². The van der Waals surface area contributed by atoms with Crippen LogP contribution < -0.4 is 19.5 Å². The number of methoxy groups -OCH3 is 2. The topological polar surface area (TPSA) is 77.1 Å². The Morgan fingerprint density at radius 2 is 1.66 bits per heavy atom. The molecule has 0 unspecified atom stereocenters. The lowest BCUT2D eigenvalue weighted by Gasteiger charge is -2.29. The molecule has 0 fully saturated rings. The van der Waals surface area contributed by atoms with E-state index in [0.717, 1.165) is 12.0 Å². The van der Waals surface area contributed by atoms with E-state index in [1.54, 1.807) is 37.3 Å². The Hall–Kier alpha value is -2.93. The van der Waals surface area contributed by atoms with Crippen LogP contribution in [0.25, 0.3) is 0 Å². The molecule has 0 radical (unpaired) electrons. The summed E-state index contributed by atoms with van der Waals surface area (Å²) in [6.45, 7) is 5.58. The zero-order valence-corrected chi connectivity index (χ0v) is 19.9.